The molecule has 0 saturated heterocycles. The van der Waals surface area contributed by atoms with Crippen LogP contribution >= 0.6 is 0 Å². The molecular formula is C11H15F2N. The van der Waals surface area contributed by atoms with Gasteiger partial charge in [0.2, 0.25) is 0 Å². The molecule has 0 atom stereocenters. The van der Waals surface area contributed by atoms with E-state index < -0.39 is 5.82 Å². The molecule has 0 radical (unpaired) electrons. The summed E-state index contributed by atoms with van der Waals surface area (Å²) in [4.78, 5) is 1.83. The van der Waals surface area contributed by atoms with Crippen LogP contribution in [0.1, 0.15) is 20.3 Å². The van der Waals surface area contributed by atoms with Crippen molar-refractivity contribution in [1.29, 1.82) is 0 Å². The van der Waals surface area contributed by atoms with Crippen molar-refractivity contribution in [3.8, 4) is 0 Å². The zero-order valence-electron chi connectivity index (χ0n) is 8.56. The molecule has 14 heavy (non-hydrogen) atoms. The second kappa shape index (κ2) is 4.94. The van der Waals surface area contributed by atoms with Gasteiger partial charge in [-0.05, 0) is 25.5 Å². The number of benzene rings is 1. The fourth-order valence-electron chi connectivity index (χ4n) is 1.45. The van der Waals surface area contributed by atoms with E-state index in [9.17, 15) is 8.78 Å². The Bertz CT molecular complexity index is 299. The van der Waals surface area contributed by atoms with Gasteiger partial charge in [0.15, 0.2) is 0 Å². The predicted molar refractivity (Wildman–Crippen MR) is 54.5 cm³/mol. The minimum atomic E-state index is -0.393. The first-order valence-electron chi connectivity index (χ1n) is 4.89. The third-order valence-electron chi connectivity index (χ3n) is 2.12. The van der Waals surface area contributed by atoms with Gasteiger partial charge in [0.25, 0.3) is 0 Å². The maximum atomic E-state index is 13.3. The Kier molecular flexibility index (Phi) is 3.86. The van der Waals surface area contributed by atoms with E-state index in [-0.39, 0.29) is 5.82 Å². The lowest BCUT2D eigenvalue weighted by atomic mass is 10.2. The number of anilines is 1. The lowest BCUT2D eigenvalue weighted by molar-refractivity contribution is 0.592. The third-order valence-corrected chi connectivity index (χ3v) is 2.12. The Balaban J connectivity index is 2.96. The van der Waals surface area contributed by atoms with Crippen LogP contribution in [0.25, 0.3) is 0 Å². The molecule has 1 aromatic rings. The number of rotatable bonds is 4. The van der Waals surface area contributed by atoms with Gasteiger partial charge in [-0.15, -0.1) is 0 Å². The van der Waals surface area contributed by atoms with Gasteiger partial charge in [0.1, 0.15) is 11.6 Å². The smallest absolute Gasteiger partial charge is 0.146 e. The quantitative estimate of drug-likeness (QED) is 0.719. The summed E-state index contributed by atoms with van der Waals surface area (Å²) in [7, 11) is 0. The maximum absolute atomic E-state index is 13.3. The molecule has 1 nitrogen and oxygen atoms in total. The molecule has 1 rings (SSSR count). The molecule has 0 fully saturated rings. The molecule has 0 aromatic heterocycles. The third kappa shape index (κ3) is 2.44. The minimum absolute atomic E-state index is 0.356. The number of hydrogen-bond donors (Lipinski definition) is 0. The van der Waals surface area contributed by atoms with E-state index in [1.54, 1.807) is 0 Å². The van der Waals surface area contributed by atoms with Crippen LogP contribution in [0.5, 0.6) is 0 Å². The summed E-state index contributed by atoms with van der Waals surface area (Å²) in [6.45, 7) is 5.38. The highest BCUT2D eigenvalue weighted by atomic mass is 19.1. The van der Waals surface area contributed by atoms with Crippen LogP contribution in [-0.2, 0) is 0 Å². The largest absolute Gasteiger partial charge is 0.369 e. The van der Waals surface area contributed by atoms with Gasteiger partial charge in [-0.1, -0.05) is 6.92 Å². The number of halogens is 2. The van der Waals surface area contributed by atoms with Gasteiger partial charge in [-0.3, -0.25) is 0 Å². The molecule has 0 unspecified atom stereocenters. The number of nitrogens with zero attached hydrogens (tertiary/aromatic N) is 1. The van der Waals surface area contributed by atoms with E-state index in [0.29, 0.717) is 12.2 Å². The summed E-state index contributed by atoms with van der Waals surface area (Å²) >= 11 is 0. The van der Waals surface area contributed by atoms with E-state index >= 15 is 0 Å². The van der Waals surface area contributed by atoms with Crippen LogP contribution in [0.2, 0.25) is 0 Å². The van der Waals surface area contributed by atoms with Gasteiger partial charge >= 0.3 is 0 Å². The molecule has 0 aliphatic rings. The highest BCUT2D eigenvalue weighted by Crippen LogP contribution is 2.20. The fraction of sp³-hybridized carbons (Fsp3) is 0.455. The van der Waals surface area contributed by atoms with Gasteiger partial charge < -0.3 is 4.90 Å². The zero-order chi connectivity index (χ0) is 10.6. The summed E-state index contributed by atoms with van der Waals surface area (Å²) in [6, 6.07) is 3.55. The first-order chi connectivity index (χ1) is 6.69. The molecule has 0 heterocycles. The minimum Gasteiger partial charge on any atom is -0.369 e. The molecule has 0 bridgehead atoms. The van der Waals surface area contributed by atoms with Crippen molar-refractivity contribution in [3.63, 3.8) is 0 Å². The Morgan fingerprint density at radius 3 is 2.50 bits per heavy atom. The lowest BCUT2D eigenvalue weighted by Gasteiger charge is -2.22. The topological polar surface area (TPSA) is 3.24 Å². The van der Waals surface area contributed by atoms with E-state index in [1.165, 1.54) is 12.1 Å². The van der Waals surface area contributed by atoms with Crippen molar-refractivity contribution < 1.29 is 8.78 Å². The fourth-order valence-corrected chi connectivity index (χ4v) is 1.45. The monoisotopic (exact) mass is 199 g/mol. The molecule has 0 amide bonds. The summed E-state index contributed by atoms with van der Waals surface area (Å²) < 4.78 is 26.2. The van der Waals surface area contributed by atoms with Gasteiger partial charge in [-0.2, -0.15) is 0 Å². The second-order valence-corrected chi connectivity index (χ2v) is 3.18. The van der Waals surface area contributed by atoms with E-state index in [0.717, 1.165) is 19.0 Å². The molecule has 78 valence electrons. The highest BCUT2D eigenvalue weighted by molar-refractivity contribution is 5.47. The summed E-state index contributed by atoms with van der Waals surface area (Å²) in [5.41, 5.74) is 0.356. The van der Waals surface area contributed by atoms with Gasteiger partial charge in [0.05, 0.1) is 5.69 Å². The molecule has 0 aliphatic carbocycles. The number of hydrogen-bond acceptors (Lipinski definition) is 1. The van der Waals surface area contributed by atoms with Gasteiger partial charge in [-0.25, -0.2) is 8.78 Å². The average molecular weight is 199 g/mol. The van der Waals surface area contributed by atoms with E-state index in [2.05, 4.69) is 0 Å². The molecule has 0 saturated carbocycles. The average Bonchev–Trinajstić information content (AvgIpc) is 2.18. The van der Waals surface area contributed by atoms with Crippen molar-refractivity contribution in [2.24, 2.45) is 0 Å². The SMILES string of the molecule is CCCN(CC)c1cc(F)ccc1F. The predicted octanol–water partition coefficient (Wildman–Crippen LogP) is 3.20. The van der Waals surface area contributed by atoms with E-state index in [1.807, 2.05) is 18.7 Å². The summed E-state index contributed by atoms with van der Waals surface area (Å²) in [6.07, 6.45) is 0.920. The first kappa shape index (κ1) is 11.0. The van der Waals surface area contributed by atoms with Crippen LogP contribution in [0.3, 0.4) is 0 Å². The van der Waals surface area contributed by atoms with Crippen molar-refractivity contribution >= 4 is 5.69 Å². The summed E-state index contributed by atoms with van der Waals surface area (Å²) in [5.74, 6) is -0.752. The van der Waals surface area contributed by atoms with Crippen molar-refractivity contribution in [2.75, 3.05) is 18.0 Å². The molecule has 1 aromatic carbocycles. The van der Waals surface area contributed by atoms with Crippen LogP contribution in [0, 0.1) is 11.6 Å². The first-order valence-corrected chi connectivity index (χ1v) is 4.89. The van der Waals surface area contributed by atoms with Crippen LogP contribution in [-0.4, -0.2) is 13.1 Å². The summed E-state index contributed by atoms with van der Waals surface area (Å²) in [5, 5.41) is 0. The molecular weight excluding hydrogens is 184 g/mol. The maximum Gasteiger partial charge on any atom is 0.146 e. The standard InChI is InChI=1S/C11H15F2N/c1-3-7-14(4-2)11-8-9(12)5-6-10(11)13/h5-6,8H,3-4,7H2,1-2H3. The van der Waals surface area contributed by atoms with Crippen LogP contribution < -0.4 is 4.90 Å². The molecule has 0 aliphatic heterocycles. The van der Waals surface area contributed by atoms with Crippen LogP contribution in [0.4, 0.5) is 14.5 Å². The van der Waals surface area contributed by atoms with Crippen molar-refractivity contribution in [2.45, 2.75) is 20.3 Å². The van der Waals surface area contributed by atoms with Crippen molar-refractivity contribution in [3.05, 3.63) is 29.8 Å². The molecule has 0 spiro atoms. The Morgan fingerprint density at radius 2 is 1.93 bits per heavy atom. The lowest BCUT2D eigenvalue weighted by Crippen LogP contribution is -2.24. The van der Waals surface area contributed by atoms with Gasteiger partial charge in [0, 0.05) is 19.2 Å². The van der Waals surface area contributed by atoms with Crippen LogP contribution in [0.15, 0.2) is 18.2 Å². The zero-order valence-corrected chi connectivity index (χ0v) is 8.56. The highest BCUT2D eigenvalue weighted by Gasteiger charge is 2.09. The molecule has 3 heteroatoms. The van der Waals surface area contributed by atoms with E-state index in [4.69, 9.17) is 0 Å². The normalized spacial score (nSPS) is 10.3. The Labute approximate surface area is 83.3 Å². The second-order valence-electron chi connectivity index (χ2n) is 3.18. The Morgan fingerprint density at radius 1 is 1.21 bits per heavy atom. The molecule has 0 N–H and O–H groups in total. The Hall–Kier alpha value is -1.12. The van der Waals surface area contributed by atoms with Crippen molar-refractivity contribution in [1.82, 2.24) is 0 Å².